The van der Waals surface area contributed by atoms with E-state index in [1.54, 1.807) is 33.1 Å². The maximum Gasteiger partial charge on any atom is 0.252 e. The van der Waals surface area contributed by atoms with E-state index in [4.69, 9.17) is 5.26 Å². The third-order valence-corrected chi connectivity index (χ3v) is 7.64. The van der Waals surface area contributed by atoms with Crippen molar-refractivity contribution < 1.29 is 4.39 Å². The zero-order chi connectivity index (χ0) is 25.6. The smallest absolute Gasteiger partial charge is 0.252 e. The second-order valence-electron chi connectivity index (χ2n) is 9.58. The maximum absolute atomic E-state index is 14.2. The first-order valence-corrected chi connectivity index (χ1v) is 12.5. The lowest BCUT2D eigenvalue weighted by atomic mass is 9.96. The second-order valence-corrected chi connectivity index (χ2v) is 9.58. The summed E-state index contributed by atoms with van der Waals surface area (Å²) >= 11 is 0. The summed E-state index contributed by atoms with van der Waals surface area (Å²) < 4.78 is 18.9. The van der Waals surface area contributed by atoms with Gasteiger partial charge in [-0.2, -0.15) is 15.5 Å². The van der Waals surface area contributed by atoms with Crippen LogP contribution in [0.5, 0.6) is 0 Å². The topological polar surface area (TPSA) is 87.4 Å². The molecule has 0 saturated carbocycles. The first-order valence-electron chi connectivity index (χ1n) is 12.5. The van der Waals surface area contributed by atoms with Gasteiger partial charge in [0.2, 0.25) is 0 Å². The summed E-state index contributed by atoms with van der Waals surface area (Å²) in [5.41, 5.74) is 3.73. The zero-order valence-corrected chi connectivity index (χ0v) is 21.1. The predicted octanol–water partition coefficient (Wildman–Crippen LogP) is 3.49. The van der Waals surface area contributed by atoms with E-state index in [9.17, 15) is 9.18 Å². The van der Waals surface area contributed by atoms with Crippen molar-refractivity contribution in [3.05, 3.63) is 58.5 Å². The molecule has 1 aliphatic rings. The van der Waals surface area contributed by atoms with E-state index in [0.29, 0.717) is 5.52 Å². The van der Waals surface area contributed by atoms with E-state index in [1.165, 1.54) is 6.20 Å². The van der Waals surface area contributed by atoms with Gasteiger partial charge in [0, 0.05) is 50.5 Å². The number of aryl methyl sites for hydroxylation is 1. The van der Waals surface area contributed by atoms with Gasteiger partial charge in [0.05, 0.1) is 29.7 Å². The average Bonchev–Trinajstić information content (AvgIpc) is 3.48. The molecule has 1 saturated heterocycles. The van der Waals surface area contributed by atoms with Gasteiger partial charge in [0.25, 0.3) is 5.56 Å². The fourth-order valence-electron chi connectivity index (χ4n) is 5.48. The van der Waals surface area contributed by atoms with Gasteiger partial charge in [-0.05, 0) is 37.5 Å². The van der Waals surface area contributed by atoms with E-state index >= 15 is 0 Å². The highest BCUT2D eigenvalue weighted by Gasteiger charge is 2.36. The molecule has 0 aliphatic carbocycles. The van der Waals surface area contributed by atoms with Gasteiger partial charge in [-0.25, -0.2) is 8.91 Å². The molecule has 188 valence electrons. The minimum atomic E-state index is -0.321. The van der Waals surface area contributed by atoms with Crippen molar-refractivity contribution in [3.8, 4) is 6.07 Å². The number of fused-ring (bicyclic) bond motifs is 2. The molecule has 4 aromatic rings. The number of pyridine rings is 2. The molecule has 0 amide bonds. The lowest BCUT2D eigenvalue weighted by Crippen LogP contribution is -2.58. The molecule has 0 N–H and O–H groups in total. The molecule has 0 radical (unpaired) electrons. The minimum Gasteiger partial charge on any atom is -0.364 e. The van der Waals surface area contributed by atoms with Crippen LogP contribution in [0.2, 0.25) is 0 Å². The van der Waals surface area contributed by atoms with Crippen LogP contribution in [-0.2, 0) is 13.6 Å². The van der Waals surface area contributed by atoms with Crippen molar-refractivity contribution in [1.82, 2.24) is 28.9 Å². The number of hydrogen-bond acceptors (Lipinski definition) is 6. The molecule has 5 heterocycles. The molecule has 1 aliphatic heterocycles. The number of nitrogens with zero attached hydrogens (tertiary/aromatic N) is 8. The number of piperazine rings is 1. The Labute approximate surface area is 208 Å². The van der Waals surface area contributed by atoms with Gasteiger partial charge in [0.1, 0.15) is 17.6 Å². The molecule has 4 aromatic heterocycles. The van der Waals surface area contributed by atoms with Crippen LogP contribution >= 0.6 is 0 Å². The van der Waals surface area contributed by atoms with Crippen LogP contribution in [0.15, 0.2) is 41.6 Å². The standard InChI is InChI=1S/C26H31FN8O/c1-5-19-15-34(23-12-25(36)31(4)24-16-32(10-8-28)30-26(23)24)20(6-2)14-33(19)17(3)18-7-9-35-22(11-18)21(27)13-29-35/h7,9,11-13,16-17,19-20H,5-6,10,14-15H2,1-4H3/t17?,19-,20+/m1/s1. The second kappa shape index (κ2) is 9.39. The zero-order valence-electron chi connectivity index (χ0n) is 21.1. The SMILES string of the molecule is CC[C@H]1CN(C(C)c2ccn3ncc(F)c3c2)[C@H](CC)CN1c1cc(=O)n(C)c2cn(CC#N)nc12. The average molecular weight is 491 g/mol. The molecule has 9 nitrogen and oxygen atoms in total. The monoisotopic (exact) mass is 490 g/mol. The van der Waals surface area contributed by atoms with E-state index in [-0.39, 0.29) is 36.0 Å². The number of halogens is 1. The summed E-state index contributed by atoms with van der Waals surface area (Å²) in [7, 11) is 1.73. The maximum atomic E-state index is 14.2. The van der Waals surface area contributed by atoms with Crippen LogP contribution in [-0.4, -0.2) is 54.0 Å². The summed E-state index contributed by atoms with van der Waals surface area (Å²) in [6, 6.07) is 8.19. The summed E-state index contributed by atoms with van der Waals surface area (Å²) in [5.74, 6) is -0.321. The molecule has 36 heavy (non-hydrogen) atoms. The third-order valence-electron chi connectivity index (χ3n) is 7.64. The number of nitriles is 1. The van der Waals surface area contributed by atoms with Crippen LogP contribution < -0.4 is 10.5 Å². The quantitative estimate of drug-likeness (QED) is 0.411. The van der Waals surface area contributed by atoms with E-state index < -0.39 is 0 Å². The normalized spacial score (nSPS) is 19.7. The summed E-state index contributed by atoms with van der Waals surface area (Å²) in [6.45, 7) is 8.19. The molecule has 10 heteroatoms. The molecule has 0 bridgehead atoms. The Bertz CT molecular complexity index is 1510. The summed E-state index contributed by atoms with van der Waals surface area (Å²) in [4.78, 5) is 17.7. The van der Waals surface area contributed by atoms with E-state index in [1.807, 2.05) is 18.3 Å². The number of rotatable bonds is 6. The van der Waals surface area contributed by atoms with Crippen molar-refractivity contribution in [1.29, 1.82) is 5.26 Å². The predicted molar refractivity (Wildman–Crippen MR) is 136 cm³/mol. The Morgan fingerprint density at radius 1 is 1.19 bits per heavy atom. The van der Waals surface area contributed by atoms with Crippen molar-refractivity contribution in [2.75, 3.05) is 18.0 Å². The largest absolute Gasteiger partial charge is 0.364 e. The number of anilines is 1. The first-order chi connectivity index (χ1) is 17.4. The fraction of sp³-hybridized carbons (Fsp3) is 0.462. The molecule has 5 rings (SSSR count). The van der Waals surface area contributed by atoms with Crippen LogP contribution in [0, 0.1) is 17.1 Å². The van der Waals surface area contributed by atoms with Gasteiger partial charge in [-0.3, -0.25) is 14.4 Å². The van der Waals surface area contributed by atoms with Crippen molar-refractivity contribution >= 4 is 22.2 Å². The van der Waals surface area contributed by atoms with Crippen LogP contribution in [0.1, 0.15) is 45.2 Å². The van der Waals surface area contributed by atoms with Crippen molar-refractivity contribution in [3.63, 3.8) is 0 Å². The minimum absolute atomic E-state index is 0.0870. The molecular formula is C26H31FN8O. The van der Waals surface area contributed by atoms with Gasteiger partial charge in [-0.15, -0.1) is 0 Å². The van der Waals surface area contributed by atoms with Crippen LogP contribution in [0.3, 0.4) is 0 Å². The fourth-order valence-corrected chi connectivity index (χ4v) is 5.48. The van der Waals surface area contributed by atoms with Gasteiger partial charge < -0.3 is 9.47 Å². The Morgan fingerprint density at radius 2 is 1.97 bits per heavy atom. The van der Waals surface area contributed by atoms with Crippen molar-refractivity contribution in [2.45, 2.75) is 58.3 Å². The highest BCUT2D eigenvalue weighted by molar-refractivity contribution is 5.88. The Balaban J connectivity index is 1.51. The first kappa shape index (κ1) is 24.0. The third kappa shape index (κ3) is 3.93. The van der Waals surface area contributed by atoms with Crippen LogP contribution in [0.4, 0.5) is 10.1 Å². The molecule has 0 aromatic carbocycles. The van der Waals surface area contributed by atoms with E-state index in [2.05, 4.69) is 46.8 Å². The number of aromatic nitrogens is 5. The Hall–Kier alpha value is -3.71. The molecule has 3 atom stereocenters. The lowest BCUT2D eigenvalue weighted by Gasteiger charge is -2.49. The van der Waals surface area contributed by atoms with Crippen molar-refractivity contribution in [2.24, 2.45) is 7.05 Å². The Kier molecular flexibility index (Phi) is 6.26. The number of hydrogen-bond donors (Lipinski definition) is 0. The molecule has 0 spiro atoms. The van der Waals surface area contributed by atoms with Gasteiger partial charge in [0.15, 0.2) is 5.82 Å². The Morgan fingerprint density at radius 3 is 2.69 bits per heavy atom. The van der Waals surface area contributed by atoms with Gasteiger partial charge in [-0.1, -0.05) is 13.8 Å². The summed E-state index contributed by atoms with van der Waals surface area (Å²) in [6.07, 6.45) is 6.65. The molecular weight excluding hydrogens is 459 g/mol. The summed E-state index contributed by atoms with van der Waals surface area (Å²) in [5, 5.41) is 17.9. The van der Waals surface area contributed by atoms with E-state index in [0.717, 1.165) is 48.2 Å². The lowest BCUT2D eigenvalue weighted by molar-refractivity contribution is 0.101. The van der Waals surface area contributed by atoms with Crippen LogP contribution in [0.25, 0.3) is 16.6 Å². The molecule has 1 unspecified atom stereocenters. The molecule has 1 fully saturated rings. The highest BCUT2D eigenvalue weighted by Crippen LogP contribution is 2.34. The highest BCUT2D eigenvalue weighted by atomic mass is 19.1. The van der Waals surface area contributed by atoms with Gasteiger partial charge >= 0.3 is 0 Å².